The molecule has 2 saturated carbocycles. The molecule has 2 saturated heterocycles. The Balaban J connectivity index is 1.53. The molecule has 4 nitrogen and oxygen atoms in total. The van der Waals surface area contributed by atoms with Gasteiger partial charge in [0, 0.05) is 18.8 Å². The average Bonchev–Trinajstić information content (AvgIpc) is 3.27. The van der Waals surface area contributed by atoms with Crippen LogP contribution in [0.15, 0.2) is 0 Å². The van der Waals surface area contributed by atoms with Crippen LogP contribution in [0.3, 0.4) is 0 Å². The molecule has 6 heteroatoms. The van der Waals surface area contributed by atoms with Crippen LogP contribution in [0.2, 0.25) is 0 Å². The number of alkyl halides is 2. The molecular formula is C16H22Cl2O4. The third kappa shape index (κ3) is 2.21. The fourth-order valence-electron chi connectivity index (χ4n) is 4.06. The van der Waals surface area contributed by atoms with Gasteiger partial charge < -0.3 is 14.2 Å². The molecule has 124 valence electrons. The second-order valence-electron chi connectivity index (χ2n) is 8.04. The van der Waals surface area contributed by atoms with Crippen molar-refractivity contribution in [3.63, 3.8) is 0 Å². The fourth-order valence-corrected chi connectivity index (χ4v) is 4.64. The predicted octanol–water partition coefficient (Wildman–Crippen LogP) is 3.23. The van der Waals surface area contributed by atoms with Gasteiger partial charge in [-0.1, -0.05) is 32.4 Å². The van der Waals surface area contributed by atoms with Crippen molar-refractivity contribution in [1.82, 2.24) is 0 Å². The smallest absolute Gasteiger partial charge is 0.329 e. The van der Waals surface area contributed by atoms with Gasteiger partial charge in [0.2, 0.25) is 0 Å². The number of rotatable bonds is 2. The summed E-state index contributed by atoms with van der Waals surface area (Å²) in [5.74, 6) is -0.354. The van der Waals surface area contributed by atoms with Gasteiger partial charge in [0.05, 0.1) is 24.4 Å². The Kier molecular flexibility index (Phi) is 3.19. The van der Waals surface area contributed by atoms with Crippen LogP contribution < -0.4 is 0 Å². The van der Waals surface area contributed by atoms with Crippen molar-refractivity contribution >= 4 is 29.2 Å². The second-order valence-corrected chi connectivity index (χ2v) is 9.32. The monoisotopic (exact) mass is 348 g/mol. The second kappa shape index (κ2) is 4.53. The lowest BCUT2D eigenvalue weighted by Gasteiger charge is -2.44. The van der Waals surface area contributed by atoms with E-state index in [1.165, 1.54) is 0 Å². The van der Waals surface area contributed by atoms with Crippen molar-refractivity contribution in [3.8, 4) is 0 Å². The van der Waals surface area contributed by atoms with Crippen LogP contribution in [-0.4, -0.2) is 40.3 Å². The zero-order valence-electron chi connectivity index (χ0n) is 13.1. The van der Waals surface area contributed by atoms with E-state index in [4.69, 9.17) is 37.4 Å². The maximum atomic E-state index is 12.9. The largest absolute Gasteiger partial charge is 0.441 e. The molecule has 0 spiro atoms. The van der Waals surface area contributed by atoms with Gasteiger partial charge in [0.25, 0.3) is 0 Å². The predicted molar refractivity (Wildman–Crippen MR) is 82.0 cm³/mol. The first-order valence-electron chi connectivity index (χ1n) is 8.07. The Hall–Kier alpha value is -0.0300. The molecule has 0 N–H and O–H groups in total. The Morgan fingerprint density at radius 2 is 1.64 bits per heavy atom. The van der Waals surface area contributed by atoms with Crippen LogP contribution in [-0.2, 0) is 19.0 Å². The van der Waals surface area contributed by atoms with E-state index >= 15 is 0 Å². The molecule has 7 atom stereocenters. The highest BCUT2D eigenvalue weighted by molar-refractivity contribution is 6.35. The van der Waals surface area contributed by atoms with Gasteiger partial charge in [0.15, 0.2) is 5.06 Å². The van der Waals surface area contributed by atoms with Crippen LogP contribution >= 0.6 is 23.2 Å². The molecule has 0 radical (unpaired) electrons. The first-order valence-corrected chi connectivity index (χ1v) is 8.82. The highest BCUT2D eigenvalue weighted by Gasteiger charge is 2.65. The third-order valence-electron chi connectivity index (χ3n) is 6.03. The molecular weight excluding hydrogens is 327 g/mol. The van der Waals surface area contributed by atoms with Crippen LogP contribution in [0.5, 0.6) is 0 Å². The number of esters is 1. The lowest BCUT2D eigenvalue weighted by Crippen LogP contribution is -2.55. The Labute approximate surface area is 140 Å². The van der Waals surface area contributed by atoms with E-state index < -0.39 is 15.9 Å². The number of halogens is 2. The molecule has 4 aliphatic rings. The van der Waals surface area contributed by atoms with Crippen LogP contribution in [0.4, 0.5) is 0 Å². The summed E-state index contributed by atoms with van der Waals surface area (Å²) in [6.07, 6.45) is 3.39. The summed E-state index contributed by atoms with van der Waals surface area (Å²) in [7, 11) is 0. The molecule has 0 aromatic heterocycles. The van der Waals surface area contributed by atoms with Gasteiger partial charge in [-0.2, -0.15) is 0 Å². The quantitative estimate of drug-likeness (QED) is 0.436. The SMILES string of the molecule is CC1CC2OC2CC1(Cl)OC(=O)C1(Cl)CC2OC2CC1(C)C. The van der Waals surface area contributed by atoms with E-state index in [0.29, 0.717) is 12.8 Å². The van der Waals surface area contributed by atoms with Crippen LogP contribution in [0.25, 0.3) is 0 Å². The molecule has 7 unspecified atom stereocenters. The van der Waals surface area contributed by atoms with E-state index in [0.717, 1.165) is 12.8 Å². The van der Waals surface area contributed by atoms with Crippen LogP contribution in [0, 0.1) is 11.3 Å². The van der Waals surface area contributed by atoms with Crippen LogP contribution in [0.1, 0.15) is 46.5 Å². The minimum atomic E-state index is -1.08. The highest BCUT2D eigenvalue weighted by atomic mass is 35.5. The van der Waals surface area contributed by atoms with E-state index in [1.807, 2.05) is 20.8 Å². The number of hydrogen-bond donors (Lipinski definition) is 0. The van der Waals surface area contributed by atoms with Crippen molar-refractivity contribution in [2.75, 3.05) is 0 Å². The topological polar surface area (TPSA) is 51.4 Å². The van der Waals surface area contributed by atoms with E-state index in [9.17, 15) is 4.79 Å². The van der Waals surface area contributed by atoms with Crippen molar-refractivity contribution < 1.29 is 19.0 Å². The van der Waals surface area contributed by atoms with Gasteiger partial charge in [-0.15, -0.1) is 11.6 Å². The van der Waals surface area contributed by atoms with Gasteiger partial charge in [-0.05, 0) is 18.3 Å². The molecule has 4 fully saturated rings. The van der Waals surface area contributed by atoms with Gasteiger partial charge in [0.1, 0.15) is 4.87 Å². The Bertz CT molecular complexity index is 524. The fraction of sp³-hybridized carbons (Fsp3) is 0.938. The number of ether oxygens (including phenoxy) is 3. The third-order valence-corrected chi connectivity index (χ3v) is 7.45. The normalized spacial score (nSPS) is 54.9. The van der Waals surface area contributed by atoms with Crippen molar-refractivity contribution in [1.29, 1.82) is 0 Å². The lowest BCUT2D eigenvalue weighted by molar-refractivity contribution is -0.165. The van der Waals surface area contributed by atoms with E-state index in [-0.39, 0.29) is 35.7 Å². The summed E-state index contributed by atoms with van der Waals surface area (Å²) in [6, 6.07) is 0. The molecule has 2 heterocycles. The molecule has 0 amide bonds. The van der Waals surface area contributed by atoms with Gasteiger partial charge in [-0.3, -0.25) is 4.79 Å². The molecule has 0 bridgehead atoms. The van der Waals surface area contributed by atoms with E-state index in [1.54, 1.807) is 0 Å². The molecule has 4 rings (SSSR count). The number of fused-ring (bicyclic) bond motifs is 2. The van der Waals surface area contributed by atoms with Gasteiger partial charge >= 0.3 is 5.97 Å². The molecule has 0 aromatic rings. The first kappa shape index (κ1) is 15.5. The van der Waals surface area contributed by atoms with Gasteiger partial charge in [-0.25, -0.2) is 0 Å². The molecule has 0 aromatic carbocycles. The average molecular weight is 349 g/mol. The molecule has 22 heavy (non-hydrogen) atoms. The van der Waals surface area contributed by atoms with Crippen molar-refractivity contribution in [2.24, 2.45) is 11.3 Å². The number of carbonyl (C=O) groups is 1. The van der Waals surface area contributed by atoms with Crippen molar-refractivity contribution in [2.45, 2.75) is 80.8 Å². The van der Waals surface area contributed by atoms with E-state index in [2.05, 4.69) is 0 Å². The zero-order valence-corrected chi connectivity index (χ0v) is 14.6. The first-order chi connectivity index (χ1) is 10.1. The summed E-state index contributed by atoms with van der Waals surface area (Å²) in [5, 5.41) is -1.01. The number of epoxide rings is 2. The zero-order chi connectivity index (χ0) is 15.9. The number of hydrogen-bond acceptors (Lipinski definition) is 4. The summed E-state index contributed by atoms with van der Waals surface area (Å²) in [4.78, 5) is 11.8. The summed E-state index contributed by atoms with van der Waals surface area (Å²) in [6.45, 7) is 6.01. The Morgan fingerprint density at radius 3 is 2.36 bits per heavy atom. The maximum Gasteiger partial charge on any atom is 0.329 e. The number of carbonyl (C=O) groups excluding carboxylic acids is 1. The minimum Gasteiger partial charge on any atom is -0.441 e. The summed E-state index contributed by atoms with van der Waals surface area (Å²) >= 11 is 13.4. The summed E-state index contributed by atoms with van der Waals surface area (Å²) < 4.78 is 16.9. The Morgan fingerprint density at radius 1 is 1.05 bits per heavy atom. The molecule has 2 aliphatic heterocycles. The highest BCUT2D eigenvalue weighted by Crippen LogP contribution is 2.57. The minimum absolute atomic E-state index is 0.0544. The maximum absolute atomic E-state index is 12.9. The van der Waals surface area contributed by atoms with Crippen molar-refractivity contribution in [3.05, 3.63) is 0 Å². The molecule has 2 aliphatic carbocycles. The lowest BCUT2D eigenvalue weighted by atomic mass is 9.68. The standard InChI is InChI=1S/C16H22Cl2O4/c1-8-4-9-12(20-9)7-16(8,18)22-13(19)15(17)6-11-10(21-11)5-14(15,2)3/h8-12H,4-7H2,1-3H3. The summed E-state index contributed by atoms with van der Waals surface area (Å²) in [5.41, 5.74) is -0.382.